The molecule has 1 amide bonds. The quantitative estimate of drug-likeness (QED) is 0.778. The normalized spacial score (nSPS) is 14.2. The Morgan fingerprint density at radius 1 is 1.29 bits per heavy atom. The van der Waals surface area contributed by atoms with Gasteiger partial charge in [0.15, 0.2) is 0 Å². The molecule has 1 aliphatic rings. The molecular weight excluding hydrogens is 300 g/mol. The topological polar surface area (TPSA) is 64.8 Å². The second-order valence-electron chi connectivity index (χ2n) is 6.61. The monoisotopic (exact) mass is 322 g/mol. The Morgan fingerprint density at radius 2 is 2.12 bits per heavy atom. The molecule has 5 heteroatoms. The summed E-state index contributed by atoms with van der Waals surface area (Å²) in [5.41, 5.74) is 6.96. The van der Waals surface area contributed by atoms with Crippen LogP contribution >= 0.6 is 0 Å². The lowest BCUT2D eigenvalue weighted by Gasteiger charge is -2.27. The number of benzene rings is 1. The second kappa shape index (κ2) is 5.82. The molecule has 1 aromatic carbocycles. The average Bonchev–Trinajstić information content (AvgIpc) is 3.12. The van der Waals surface area contributed by atoms with Crippen molar-refractivity contribution < 1.29 is 4.79 Å². The number of carbonyl (C=O) groups is 1. The van der Waals surface area contributed by atoms with Gasteiger partial charge in [-0.05, 0) is 43.9 Å². The molecule has 0 atom stereocenters. The van der Waals surface area contributed by atoms with E-state index in [9.17, 15) is 4.79 Å². The summed E-state index contributed by atoms with van der Waals surface area (Å²) >= 11 is 0. The SMILES string of the molecule is Cc1n[nH]c(C)c1CCC(=O)N1CCc2c([nH]c3ccccc23)C1. The van der Waals surface area contributed by atoms with Gasteiger partial charge in [0, 0.05) is 35.3 Å². The third kappa shape index (κ3) is 2.50. The van der Waals surface area contributed by atoms with E-state index in [1.165, 1.54) is 27.7 Å². The van der Waals surface area contributed by atoms with Gasteiger partial charge in [0.1, 0.15) is 0 Å². The number of nitrogens with one attached hydrogen (secondary N) is 2. The van der Waals surface area contributed by atoms with Crippen LogP contribution in [0.2, 0.25) is 0 Å². The van der Waals surface area contributed by atoms with Crippen LogP contribution in [0.3, 0.4) is 0 Å². The maximum absolute atomic E-state index is 12.6. The fourth-order valence-electron chi connectivity index (χ4n) is 3.74. The fourth-order valence-corrected chi connectivity index (χ4v) is 3.74. The minimum Gasteiger partial charge on any atom is -0.357 e. The van der Waals surface area contributed by atoms with Crippen molar-refractivity contribution in [2.24, 2.45) is 0 Å². The van der Waals surface area contributed by atoms with Gasteiger partial charge in [0.05, 0.1) is 12.2 Å². The highest BCUT2D eigenvalue weighted by atomic mass is 16.2. The molecule has 2 N–H and O–H groups in total. The Morgan fingerprint density at radius 3 is 2.92 bits per heavy atom. The molecule has 0 radical (unpaired) electrons. The van der Waals surface area contributed by atoms with E-state index in [0.717, 1.165) is 30.8 Å². The number of nitrogens with zero attached hydrogens (tertiary/aromatic N) is 2. The number of carbonyl (C=O) groups excluding carboxylic acids is 1. The molecule has 24 heavy (non-hydrogen) atoms. The van der Waals surface area contributed by atoms with Gasteiger partial charge in [-0.25, -0.2) is 0 Å². The Bertz CT molecular complexity index is 886. The third-order valence-electron chi connectivity index (χ3n) is 5.10. The van der Waals surface area contributed by atoms with Crippen LogP contribution in [0.15, 0.2) is 24.3 Å². The molecule has 0 unspecified atom stereocenters. The Kier molecular flexibility index (Phi) is 3.63. The van der Waals surface area contributed by atoms with Gasteiger partial charge in [-0.1, -0.05) is 18.2 Å². The number of hydrogen-bond acceptors (Lipinski definition) is 2. The molecule has 0 saturated carbocycles. The van der Waals surface area contributed by atoms with Crippen LogP contribution in [-0.4, -0.2) is 32.5 Å². The highest BCUT2D eigenvalue weighted by Crippen LogP contribution is 2.27. The standard InChI is InChI=1S/C19H22N4O/c1-12-14(13(2)22-21-12)7-8-19(24)23-10-9-16-15-5-3-4-6-17(15)20-18(16)11-23/h3-6,20H,7-11H2,1-2H3,(H,21,22). The van der Waals surface area contributed by atoms with Crippen LogP contribution in [0.25, 0.3) is 10.9 Å². The number of para-hydroxylation sites is 1. The lowest BCUT2D eigenvalue weighted by Crippen LogP contribution is -2.36. The van der Waals surface area contributed by atoms with Crippen molar-refractivity contribution in [2.45, 2.75) is 39.7 Å². The first kappa shape index (κ1) is 15.0. The van der Waals surface area contributed by atoms with Crippen LogP contribution in [-0.2, 0) is 24.2 Å². The van der Waals surface area contributed by atoms with E-state index in [1.807, 2.05) is 24.8 Å². The summed E-state index contributed by atoms with van der Waals surface area (Å²) in [6.45, 7) is 5.49. The summed E-state index contributed by atoms with van der Waals surface area (Å²) in [6.07, 6.45) is 2.22. The number of H-pyrrole nitrogens is 2. The smallest absolute Gasteiger partial charge is 0.223 e. The van der Waals surface area contributed by atoms with E-state index in [2.05, 4.69) is 33.4 Å². The molecule has 1 aliphatic heterocycles. The molecule has 0 spiro atoms. The Hall–Kier alpha value is -2.56. The molecule has 2 aromatic heterocycles. The fraction of sp³-hybridized carbons (Fsp3) is 0.368. The van der Waals surface area contributed by atoms with Crippen molar-refractivity contribution in [1.82, 2.24) is 20.1 Å². The molecule has 124 valence electrons. The number of fused-ring (bicyclic) bond motifs is 3. The number of rotatable bonds is 3. The molecule has 0 bridgehead atoms. The van der Waals surface area contributed by atoms with Gasteiger partial charge >= 0.3 is 0 Å². The first-order chi connectivity index (χ1) is 11.6. The predicted molar refractivity (Wildman–Crippen MR) is 93.8 cm³/mol. The van der Waals surface area contributed by atoms with Gasteiger partial charge in [-0.2, -0.15) is 5.10 Å². The van der Waals surface area contributed by atoms with Gasteiger partial charge in [0.25, 0.3) is 0 Å². The number of amides is 1. The molecule has 3 aromatic rings. The van der Waals surface area contributed by atoms with Crippen LogP contribution < -0.4 is 0 Å². The van der Waals surface area contributed by atoms with Crippen molar-refractivity contribution in [3.63, 3.8) is 0 Å². The highest BCUT2D eigenvalue weighted by molar-refractivity contribution is 5.85. The molecular formula is C19H22N4O. The van der Waals surface area contributed by atoms with Crippen molar-refractivity contribution in [3.8, 4) is 0 Å². The van der Waals surface area contributed by atoms with Crippen molar-refractivity contribution in [2.75, 3.05) is 6.54 Å². The molecule has 0 aliphatic carbocycles. The average molecular weight is 322 g/mol. The molecule has 4 rings (SSSR count). The summed E-state index contributed by atoms with van der Waals surface area (Å²) in [5.74, 6) is 0.222. The second-order valence-corrected chi connectivity index (χ2v) is 6.61. The van der Waals surface area contributed by atoms with Gasteiger partial charge in [-0.15, -0.1) is 0 Å². The van der Waals surface area contributed by atoms with E-state index >= 15 is 0 Å². The van der Waals surface area contributed by atoms with Crippen LogP contribution in [0.1, 0.15) is 34.6 Å². The summed E-state index contributed by atoms with van der Waals surface area (Å²) in [5, 5.41) is 8.49. The summed E-state index contributed by atoms with van der Waals surface area (Å²) < 4.78 is 0. The highest BCUT2D eigenvalue weighted by Gasteiger charge is 2.23. The van der Waals surface area contributed by atoms with E-state index < -0.39 is 0 Å². The summed E-state index contributed by atoms with van der Waals surface area (Å²) in [6, 6.07) is 8.38. The van der Waals surface area contributed by atoms with Gasteiger partial charge in [-0.3, -0.25) is 9.89 Å². The van der Waals surface area contributed by atoms with E-state index in [-0.39, 0.29) is 5.91 Å². The zero-order chi connectivity index (χ0) is 16.7. The van der Waals surface area contributed by atoms with E-state index in [1.54, 1.807) is 0 Å². The molecule has 3 heterocycles. The largest absolute Gasteiger partial charge is 0.357 e. The molecule has 0 fully saturated rings. The molecule has 0 saturated heterocycles. The van der Waals surface area contributed by atoms with Crippen molar-refractivity contribution in [1.29, 1.82) is 0 Å². The third-order valence-corrected chi connectivity index (χ3v) is 5.10. The number of hydrogen-bond donors (Lipinski definition) is 2. The summed E-state index contributed by atoms with van der Waals surface area (Å²) in [7, 11) is 0. The maximum atomic E-state index is 12.6. The first-order valence-corrected chi connectivity index (χ1v) is 8.50. The predicted octanol–water partition coefficient (Wildman–Crippen LogP) is 3.03. The molecule has 5 nitrogen and oxygen atoms in total. The minimum absolute atomic E-state index is 0.222. The minimum atomic E-state index is 0.222. The first-order valence-electron chi connectivity index (χ1n) is 8.50. The lowest BCUT2D eigenvalue weighted by molar-refractivity contribution is -0.132. The summed E-state index contributed by atoms with van der Waals surface area (Å²) in [4.78, 5) is 18.1. The van der Waals surface area contributed by atoms with E-state index in [0.29, 0.717) is 13.0 Å². The van der Waals surface area contributed by atoms with Crippen LogP contribution in [0.5, 0.6) is 0 Å². The van der Waals surface area contributed by atoms with Crippen LogP contribution in [0.4, 0.5) is 0 Å². The van der Waals surface area contributed by atoms with E-state index in [4.69, 9.17) is 0 Å². The van der Waals surface area contributed by atoms with Gasteiger partial charge in [0.2, 0.25) is 5.91 Å². The van der Waals surface area contributed by atoms with Crippen molar-refractivity contribution in [3.05, 3.63) is 52.5 Å². The van der Waals surface area contributed by atoms with Gasteiger partial charge < -0.3 is 9.88 Å². The Balaban J connectivity index is 1.47. The number of aromatic nitrogens is 3. The zero-order valence-corrected chi connectivity index (χ0v) is 14.1. The Labute approximate surface area is 141 Å². The number of aromatic amines is 2. The lowest BCUT2D eigenvalue weighted by atomic mass is 10.0. The number of aryl methyl sites for hydroxylation is 2. The zero-order valence-electron chi connectivity index (χ0n) is 14.1. The maximum Gasteiger partial charge on any atom is 0.223 e. The van der Waals surface area contributed by atoms with Crippen LogP contribution in [0, 0.1) is 13.8 Å². The van der Waals surface area contributed by atoms with Crippen molar-refractivity contribution >= 4 is 16.8 Å².